The lowest BCUT2D eigenvalue weighted by molar-refractivity contribution is 0.416. The van der Waals surface area contributed by atoms with Gasteiger partial charge in [0.15, 0.2) is 0 Å². The van der Waals surface area contributed by atoms with Crippen LogP contribution in [0.15, 0.2) is 65.8 Å². The Labute approximate surface area is 152 Å². The molecular formula is C19H17N3O3S. The van der Waals surface area contributed by atoms with Crippen LogP contribution < -0.4 is 9.46 Å². The normalized spacial score (nSPS) is 10.9. The molecule has 0 saturated carbocycles. The molecule has 26 heavy (non-hydrogen) atoms. The predicted octanol–water partition coefficient (Wildman–Crippen LogP) is 3.29. The molecule has 0 saturated heterocycles. The van der Waals surface area contributed by atoms with E-state index in [9.17, 15) is 8.42 Å². The average molecular weight is 367 g/mol. The molecule has 3 rings (SSSR count). The second-order valence-corrected chi connectivity index (χ2v) is 7.29. The summed E-state index contributed by atoms with van der Waals surface area (Å²) in [5, 5.41) is 8.96. The van der Waals surface area contributed by atoms with Crippen LogP contribution in [-0.2, 0) is 16.4 Å². The lowest BCUT2D eigenvalue weighted by atomic mass is 10.1. The summed E-state index contributed by atoms with van der Waals surface area (Å²) in [4.78, 5) is 3.04. The highest BCUT2D eigenvalue weighted by Gasteiger charge is 2.21. The summed E-state index contributed by atoms with van der Waals surface area (Å²) in [5.41, 5.74) is 2.34. The summed E-state index contributed by atoms with van der Waals surface area (Å²) in [6.45, 7) is 0. The number of hydrogen-bond acceptors (Lipinski definition) is 4. The van der Waals surface area contributed by atoms with E-state index in [2.05, 4.69) is 9.71 Å². The molecule has 0 bridgehead atoms. The van der Waals surface area contributed by atoms with E-state index in [1.165, 1.54) is 31.5 Å². The fourth-order valence-electron chi connectivity index (χ4n) is 2.63. The van der Waals surface area contributed by atoms with Gasteiger partial charge in [0.2, 0.25) is 0 Å². The van der Waals surface area contributed by atoms with Gasteiger partial charge in [0.1, 0.15) is 10.6 Å². The van der Waals surface area contributed by atoms with Crippen LogP contribution in [0.25, 0.3) is 0 Å². The molecule has 0 atom stereocenters. The van der Waals surface area contributed by atoms with Crippen molar-refractivity contribution in [3.8, 4) is 11.8 Å². The highest BCUT2D eigenvalue weighted by atomic mass is 32.2. The van der Waals surface area contributed by atoms with Crippen molar-refractivity contribution in [2.75, 3.05) is 11.8 Å². The number of sulfonamides is 1. The minimum absolute atomic E-state index is 0.174. The number of nitriles is 1. The van der Waals surface area contributed by atoms with Gasteiger partial charge in [0.25, 0.3) is 10.0 Å². The van der Waals surface area contributed by atoms with Crippen LogP contribution in [0.3, 0.4) is 0 Å². The van der Waals surface area contributed by atoms with Gasteiger partial charge in [-0.3, -0.25) is 4.72 Å². The topological polar surface area (TPSA) is 95.0 Å². The minimum Gasteiger partial charge on any atom is -0.495 e. The van der Waals surface area contributed by atoms with E-state index in [-0.39, 0.29) is 16.3 Å². The molecule has 2 aromatic carbocycles. The lowest BCUT2D eigenvalue weighted by Gasteiger charge is -2.12. The molecule has 0 unspecified atom stereocenters. The summed E-state index contributed by atoms with van der Waals surface area (Å²) in [6, 6.07) is 16.2. The maximum Gasteiger partial charge on any atom is 0.263 e. The number of anilines is 1. The number of nitrogens with one attached hydrogen (secondary N) is 2. The summed E-state index contributed by atoms with van der Waals surface area (Å²) >= 11 is 0. The average Bonchev–Trinajstić information content (AvgIpc) is 3.12. The Hall–Kier alpha value is -3.24. The number of aromatic nitrogens is 1. The third-order valence-electron chi connectivity index (χ3n) is 3.89. The van der Waals surface area contributed by atoms with Gasteiger partial charge < -0.3 is 9.72 Å². The smallest absolute Gasteiger partial charge is 0.263 e. The minimum atomic E-state index is -3.82. The largest absolute Gasteiger partial charge is 0.495 e. The van der Waals surface area contributed by atoms with Crippen LogP contribution in [0, 0.1) is 11.3 Å². The van der Waals surface area contributed by atoms with Crippen LogP contribution in [0.2, 0.25) is 0 Å². The Bertz CT molecular complexity index is 1050. The van der Waals surface area contributed by atoms with E-state index < -0.39 is 10.0 Å². The molecular weight excluding hydrogens is 350 g/mol. The highest BCUT2D eigenvalue weighted by molar-refractivity contribution is 7.92. The van der Waals surface area contributed by atoms with Crippen LogP contribution in [-0.4, -0.2) is 20.5 Å². The number of methoxy groups -OCH3 is 1. The second kappa shape index (κ2) is 7.33. The van der Waals surface area contributed by atoms with Gasteiger partial charge in [-0.25, -0.2) is 8.42 Å². The van der Waals surface area contributed by atoms with Gasteiger partial charge in [-0.1, -0.05) is 30.3 Å². The van der Waals surface area contributed by atoms with Crippen molar-refractivity contribution < 1.29 is 13.2 Å². The number of hydrogen-bond donors (Lipinski definition) is 2. The molecule has 0 spiro atoms. The molecule has 0 aliphatic carbocycles. The van der Waals surface area contributed by atoms with Gasteiger partial charge in [0.05, 0.1) is 24.4 Å². The van der Waals surface area contributed by atoms with E-state index >= 15 is 0 Å². The van der Waals surface area contributed by atoms with E-state index in [4.69, 9.17) is 10.00 Å². The van der Waals surface area contributed by atoms with E-state index in [0.717, 1.165) is 5.56 Å². The first-order valence-electron chi connectivity index (χ1n) is 7.84. The summed E-state index contributed by atoms with van der Waals surface area (Å²) in [5.74, 6) is 0.285. The van der Waals surface area contributed by atoms with Crippen molar-refractivity contribution in [3.63, 3.8) is 0 Å². The van der Waals surface area contributed by atoms with Crippen molar-refractivity contribution in [2.45, 2.75) is 11.3 Å². The maximum atomic E-state index is 12.8. The number of rotatable bonds is 6. The van der Waals surface area contributed by atoms with Gasteiger partial charge in [-0.05, 0) is 23.3 Å². The van der Waals surface area contributed by atoms with Gasteiger partial charge in [-0.15, -0.1) is 0 Å². The molecule has 0 radical (unpaired) electrons. The molecule has 2 N–H and O–H groups in total. The third-order valence-corrected chi connectivity index (χ3v) is 5.34. The van der Waals surface area contributed by atoms with Gasteiger partial charge in [-0.2, -0.15) is 5.26 Å². The highest BCUT2D eigenvalue weighted by Crippen LogP contribution is 2.29. The fraction of sp³-hybridized carbons (Fsp3) is 0.105. The third kappa shape index (κ3) is 3.71. The number of benzene rings is 2. The first-order chi connectivity index (χ1) is 12.5. The molecule has 1 aromatic heterocycles. The van der Waals surface area contributed by atoms with Gasteiger partial charge in [0, 0.05) is 24.9 Å². The van der Waals surface area contributed by atoms with E-state index in [1.54, 1.807) is 6.20 Å². The van der Waals surface area contributed by atoms with Crippen molar-refractivity contribution in [1.29, 1.82) is 5.26 Å². The van der Waals surface area contributed by atoms with Crippen molar-refractivity contribution >= 4 is 15.7 Å². The van der Waals surface area contributed by atoms with Crippen molar-refractivity contribution in [2.24, 2.45) is 0 Å². The Kier molecular flexibility index (Phi) is 4.96. The zero-order valence-electron chi connectivity index (χ0n) is 14.1. The van der Waals surface area contributed by atoms with E-state index in [0.29, 0.717) is 17.5 Å². The number of H-pyrrole nitrogens is 1. The standard InChI is InChI=1S/C19H17N3O3S/c1-25-18-10-15(11-20)7-8-17(18)22-26(23,24)19-13-21-12-16(19)9-14-5-3-2-4-6-14/h2-8,10,12-13,21-22H,9H2,1H3. The molecule has 0 fully saturated rings. The molecule has 0 amide bonds. The first-order valence-corrected chi connectivity index (χ1v) is 9.32. The van der Waals surface area contributed by atoms with Crippen LogP contribution in [0.1, 0.15) is 16.7 Å². The van der Waals surface area contributed by atoms with Crippen LogP contribution in [0.4, 0.5) is 5.69 Å². The Morgan fingerprint density at radius 3 is 2.62 bits per heavy atom. The lowest BCUT2D eigenvalue weighted by Crippen LogP contribution is -2.14. The molecule has 0 aliphatic rings. The predicted molar refractivity (Wildman–Crippen MR) is 98.6 cm³/mol. The zero-order valence-corrected chi connectivity index (χ0v) is 14.9. The summed E-state index contributed by atoms with van der Waals surface area (Å²) in [6.07, 6.45) is 3.62. The monoisotopic (exact) mass is 367 g/mol. The molecule has 3 aromatic rings. The van der Waals surface area contributed by atoms with Crippen molar-refractivity contribution in [3.05, 3.63) is 77.6 Å². The molecule has 132 valence electrons. The fourth-order valence-corrected chi connectivity index (χ4v) is 3.90. The Balaban J connectivity index is 1.91. The molecule has 6 nitrogen and oxygen atoms in total. The van der Waals surface area contributed by atoms with E-state index in [1.807, 2.05) is 36.4 Å². The Morgan fingerprint density at radius 1 is 1.15 bits per heavy atom. The SMILES string of the molecule is COc1cc(C#N)ccc1NS(=O)(=O)c1c[nH]cc1Cc1ccccc1. The molecule has 1 heterocycles. The second-order valence-electron chi connectivity index (χ2n) is 5.64. The van der Waals surface area contributed by atoms with Gasteiger partial charge >= 0.3 is 0 Å². The number of ether oxygens (including phenoxy) is 1. The molecule has 0 aliphatic heterocycles. The first kappa shape index (κ1) is 17.6. The molecule has 7 heteroatoms. The van der Waals surface area contributed by atoms with Crippen LogP contribution in [0.5, 0.6) is 5.75 Å². The number of aromatic amines is 1. The maximum absolute atomic E-state index is 12.8. The number of nitrogens with zero attached hydrogens (tertiary/aromatic N) is 1. The quantitative estimate of drug-likeness (QED) is 0.699. The summed E-state index contributed by atoms with van der Waals surface area (Å²) < 4.78 is 33.4. The summed E-state index contributed by atoms with van der Waals surface area (Å²) in [7, 11) is -2.40. The Morgan fingerprint density at radius 2 is 1.92 bits per heavy atom. The zero-order chi connectivity index (χ0) is 18.6. The van der Waals surface area contributed by atoms with Crippen LogP contribution >= 0.6 is 0 Å². The van der Waals surface area contributed by atoms with Crippen molar-refractivity contribution in [1.82, 2.24) is 4.98 Å².